The molecular formula is C16H23NO3. The predicted molar refractivity (Wildman–Crippen MR) is 77.7 cm³/mol. The monoisotopic (exact) mass is 277 g/mol. The Morgan fingerprint density at radius 2 is 2.15 bits per heavy atom. The number of carbonyl (C=O) groups is 1. The van der Waals surface area contributed by atoms with Gasteiger partial charge in [0.1, 0.15) is 5.75 Å². The number of ether oxygens (including phenoxy) is 1. The predicted octanol–water partition coefficient (Wildman–Crippen LogP) is 2.05. The van der Waals surface area contributed by atoms with Gasteiger partial charge in [-0.15, -0.1) is 0 Å². The van der Waals surface area contributed by atoms with Gasteiger partial charge in [-0.05, 0) is 44.2 Å². The van der Waals surface area contributed by atoms with Gasteiger partial charge in [-0.2, -0.15) is 0 Å². The van der Waals surface area contributed by atoms with Crippen molar-refractivity contribution in [3.05, 3.63) is 29.8 Å². The molecule has 4 heteroatoms. The fourth-order valence-electron chi connectivity index (χ4n) is 2.37. The molecule has 0 aromatic heterocycles. The van der Waals surface area contributed by atoms with Gasteiger partial charge in [-0.3, -0.25) is 4.79 Å². The Hall–Kier alpha value is -1.55. The first-order chi connectivity index (χ1) is 9.63. The Labute approximate surface area is 120 Å². The maximum Gasteiger partial charge on any atom is 0.220 e. The highest BCUT2D eigenvalue weighted by molar-refractivity contribution is 5.76. The molecule has 20 heavy (non-hydrogen) atoms. The molecule has 0 atom stereocenters. The number of benzene rings is 1. The standard InChI is InChI=1S/C16H23NO3/c1-2-20-14-7-4-3-6-13(14)8-9-15(18)17-12-16(19)10-5-11-16/h3-4,6-7,19H,2,5,8-12H2,1H3,(H,17,18). The van der Waals surface area contributed by atoms with Crippen molar-refractivity contribution >= 4 is 5.91 Å². The molecule has 1 fully saturated rings. The summed E-state index contributed by atoms with van der Waals surface area (Å²) in [4.78, 5) is 11.8. The molecule has 0 spiro atoms. The summed E-state index contributed by atoms with van der Waals surface area (Å²) in [6, 6.07) is 7.79. The highest BCUT2D eigenvalue weighted by Gasteiger charge is 2.34. The minimum absolute atomic E-state index is 0.0170. The third-order valence-electron chi connectivity index (χ3n) is 3.79. The topological polar surface area (TPSA) is 58.6 Å². The SMILES string of the molecule is CCOc1ccccc1CCC(=O)NCC1(O)CCC1. The van der Waals surface area contributed by atoms with Crippen molar-refractivity contribution < 1.29 is 14.6 Å². The second-order valence-electron chi connectivity index (χ2n) is 5.40. The van der Waals surface area contributed by atoms with Crippen LogP contribution in [0.4, 0.5) is 0 Å². The summed E-state index contributed by atoms with van der Waals surface area (Å²) < 4.78 is 5.54. The summed E-state index contributed by atoms with van der Waals surface area (Å²) in [7, 11) is 0. The normalized spacial score (nSPS) is 16.3. The van der Waals surface area contributed by atoms with Crippen LogP contribution < -0.4 is 10.1 Å². The molecule has 1 aromatic carbocycles. The first-order valence-electron chi connectivity index (χ1n) is 7.33. The lowest BCUT2D eigenvalue weighted by atomic mass is 9.80. The highest BCUT2D eigenvalue weighted by atomic mass is 16.5. The number of carbonyl (C=O) groups excluding carboxylic acids is 1. The lowest BCUT2D eigenvalue weighted by Crippen LogP contribution is -2.47. The molecule has 2 N–H and O–H groups in total. The van der Waals surface area contributed by atoms with E-state index in [4.69, 9.17) is 4.74 Å². The van der Waals surface area contributed by atoms with Crippen LogP contribution in [-0.4, -0.2) is 29.8 Å². The van der Waals surface area contributed by atoms with Gasteiger partial charge in [0.25, 0.3) is 0 Å². The van der Waals surface area contributed by atoms with Crippen LogP contribution in [0.5, 0.6) is 5.75 Å². The molecular weight excluding hydrogens is 254 g/mol. The number of para-hydroxylation sites is 1. The zero-order valence-corrected chi connectivity index (χ0v) is 12.0. The highest BCUT2D eigenvalue weighted by Crippen LogP contribution is 2.30. The van der Waals surface area contributed by atoms with Gasteiger partial charge in [-0.25, -0.2) is 0 Å². The maximum atomic E-state index is 11.8. The fraction of sp³-hybridized carbons (Fsp3) is 0.562. The molecule has 1 aliphatic rings. The summed E-state index contributed by atoms with van der Waals surface area (Å²) in [6.45, 7) is 2.94. The van der Waals surface area contributed by atoms with Crippen molar-refractivity contribution in [1.29, 1.82) is 0 Å². The Kier molecular flexibility index (Phi) is 5.01. The Morgan fingerprint density at radius 3 is 2.80 bits per heavy atom. The summed E-state index contributed by atoms with van der Waals surface area (Å²) in [6.07, 6.45) is 3.70. The molecule has 0 saturated heterocycles. The molecule has 0 radical (unpaired) electrons. The van der Waals surface area contributed by atoms with Crippen molar-refractivity contribution in [2.75, 3.05) is 13.2 Å². The molecule has 0 bridgehead atoms. The Bertz CT molecular complexity index is 455. The van der Waals surface area contributed by atoms with Crippen LogP contribution in [0.1, 0.15) is 38.2 Å². The van der Waals surface area contributed by atoms with E-state index in [9.17, 15) is 9.90 Å². The van der Waals surface area contributed by atoms with Crippen LogP contribution in [0.2, 0.25) is 0 Å². The third-order valence-corrected chi connectivity index (χ3v) is 3.79. The van der Waals surface area contributed by atoms with Crippen molar-refractivity contribution in [3.63, 3.8) is 0 Å². The van der Waals surface area contributed by atoms with E-state index in [1.807, 2.05) is 31.2 Å². The van der Waals surface area contributed by atoms with Gasteiger partial charge in [0.15, 0.2) is 0 Å². The molecule has 1 saturated carbocycles. The van der Waals surface area contributed by atoms with Crippen LogP contribution in [-0.2, 0) is 11.2 Å². The van der Waals surface area contributed by atoms with Crippen LogP contribution in [0.3, 0.4) is 0 Å². The molecule has 0 heterocycles. The third kappa shape index (κ3) is 3.97. The fourth-order valence-corrected chi connectivity index (χ4v) is 2.37. The van der Waals surface area contributed by atoms with Crippen molar-refractivity contribution in [1.82, 2.24) is 5.32 Å². The summed E-state index contributed by atoms with van der Waals surface area (Å²) >= 11 is 0. The van der Waals surface area contributed by atoms with E-state index in [2.05, 4.69) is 5.32 Å². The van der Waals surface area contributed by atoms with Gasteiger partial charge < -0.3 is 15.2 Å². The summed E-state index contributed by atoms with van der Waals surface area (Å²) in [5.41, 5.74) is 0.394. The largest absolute Gasteiger partial charge is 0.494 e. The summed E-state index contributed by atoms with van der Waals surface area (Å²) in [5.74, 6) is 0.831. The smallest absolute Gasteiger partial charge is 0.220 e. The minimum Gasteiger partial charge on any atom is -0.494 e. The average Bonchev–Trinajstić information content (AvgIpc) is 2.42. The quantitative estimate of drug-likeness (QED) is 0.802. The minimum atomic E-state index is -0.654. The maximum absolute atomic E-state index is 11.8. The van der Waals surface area contributed by atoms with E-state index < -0.39 is 5.60 Å². The number of rotatable bonds is 7. The van der Waals surface area contributed by atoms with Crippen LogP contribution in [0.15, 0.2) is 24.3 Å². The van der Waals surface area contributed by atoms with E-state index in [1.165, 1.54) is 0 Å². The van der Waals surface area contributed by atoms with Gasteiger partial charge >= 0.3 is 0 Å². The summed E-state index contributed by atoms with van der Waals surface area (Å²) in [5, 5.41) is 12.7. The molecule has 4 nitrogen and oxygen atoms in total. The number of aryl methyl sites for hydroxylation is 1. The zero-order chi connectivity index (χ0) is 14.4. The van der Waals surface area contributed by atoms with Gasteiger partial charge in [0.05, 0.1) is 12.2 Å². The lowest BCUT2D eigenvalue weighted by Gasteiger charge is -2.36. The second-order valence-corrected chi connectivity index (χ2v) is 5.40. The first kappa shape index (κ1) is 14.9. The van der Waals surface area contributed by atoms with E-state index >= 15 is 0 Å². The molecule has 0 aliphatic heterocycles. The van der Waals surface area contributed by atoms with E-state index in [1.54, 1.807) is 0 Å². The van der Waals surface area contributed by atoms with E-state index in [0.717, 1.165) is 30.6 Å². The van der Waals surface area contributed by atoms with Gasteiger partial charge in [-0.1, -0.05) is 18.2 Å². The first-order valence-corrected chi connectivity index (χ1v) is 7.33. The van der Waals surface area contributed by atoms with Gasteiger partial charge in [0.2, 0.25) is 5.91 Å². The van der Waals surface area contributed by atoms with E-state index in [-0.39, 0.29) is 5.91 Å². The van der Waals surface area contributed by atoms with Crippen LogP contribution >= 0.6 is 0 Å². The zero-order valence-electron chi connectivity index (χ0n) is 12.0. The van der Waals surface area contributed by atoms with Gasteiger partial charge in [0, 0.05) is 13.0 Å². The number of hydrogen-bond acceptors (Lipinski definition) is 3. The van der Waals surface area contributed by atoms with Crippen molar-refractivity contribution in [2.45, 2.75) is 44.6 Å². The van der Waals surface area contributed by atoms with Crippen LogP contribution in [0.25, 0.3) is 0 Å². The Morgan fingerprint density at radius 1 is 1.40 bits per heavy atom. The second kappa shape index (κ2) is 6.75. The Balaban J connectivity index is 1.78. The van der Waals surface area contributed by atoms with E-state index in [0.29, 0.717) is 26.0 Å². The molecule has 0 unspecified atom stereocenters. The molecule has 110 valence electrons. The molecule has 2 rings (SSSR count). The molecule has 1 aliphatic carbocycles. The lowest BCUT2D eigenvalue weighted by molar-refractivity contribution is -0.123. The molecule has 1 amide bonds. The van der Waals surface area contributed by atoms with Crippen molar-refractivity contribution in [2.24, 2.45) is 0 Å². The molecule has 1 aromatic rings. The number of nitrogens with one attached hydrogen (secondary N) is 1. The van der Waals surface area contributed by atoms with Crippen LogP contribution in [0, 0.1) is 0 Å². The number of aliphatic hydroxyl groups is 1. The number of amides is 1. The average molecular weight is 277 g/mol. The number of hydrogen-bond donors (Lipinski definition) is 2. The van der Waals surface area contributed by atoms with Crippen molar-refractivity contribution in [3.8, 4) is 5.75 Å².